The van der Waals surface area contributed by atoms with Gasteiger partial charge in [0.05, 0.1) is 12.6 Å². The van der Waals surface area contributed by atoms with Gasteiger partial charge in [-0.25, -0.2) is 0 Å². The molecular formula is C19H23NO. The first-order valence-corrected chi connectivity index (χ1v) is 7.76. The number of rotatable bonds is 4. The van der Waals surface area contributed by atoms with Crippen LogP contribution in [0.2, 0.25) is 0 Å². The van der Waals surface area contributed by atoms with Crippen LogP contribution >= 0.6 is 0 Å². The molecule has 2 aromatic carbocycles. The summed E-state index contributed by atoms with van der Waals surface area (Å²) in [7, 11) is 0. The lowest BCUT2D eigenvalue weighted by atomic mass is 9.91. The number of benzene rings is 2. The highest BCUT2D eigenvalue weighted by atomic mass is 16.5. The fourth-order valence-corrected chi connectivity index (χ4v) is 3.08. The Labute approximate surface area is 127 Å². The van der Waals surface area contributed by atoms with E-state index in [2.05, 4.69) is 62.5 Å². The molecule has 2 aromatic rings. The summed E-state index contributed by atoms with van der Waals surface area (Å²) < 4.78 is 5.62. The molecule has 1 aliphatic heterocycles. The smallest absolute Gasteiger partial charge is 0.122 e. The fraction of sp³-hybridized carbons (Fsp3) is 0.368. The minimum Gasteiger partial charge on any atom is -0.493 e. The minimum absolute atomic E-state index is 0.251. The van der Waals surface area contributed by atoms with E-state index >= 15 is 0 Å². The van der Waals surface area contributed by atoms with Gasteiger partial charge in [-0.05, 0) is 54.3 Å². The Hall–Kier alpha value is -1.80. The van der Waals surface area contributed by atoms with E-state index in [-0.39, 0.29) is 6.04 Å². The molecule has 1 aliphatic rings. The van der Waals surface area contributed by atoms with Crippen LogP contribution in [-0.4, -0.2) is 13.2 Å². The predicted molar refractivity (Wildman–Crippen MR) is 87.1 cm³/mol. The Morgan fingerprint density at radius 3 is 2.86 bits per heavy atom. The highest BCUT2D eigenvalue weighted by molar-refractivity contribution is 5.45. The van der Waals surface area contributed by atoms with E-state index in [1.165, 1.54) is 27.8 Å². The first-order valence-electron chi connectivity index (χ1n) is 7.76. The van der Waals surface area contributed by atoms with Crippen LogP contribution in [0.4, 0.5) is 0 Å². The van der Waals surface area contributed by atoms with Crippen LogP contribution in [0.15, 0.2) is 36.4 Å². The molecular weight excluding hydrogens is 258 g/mol. The van der Waals surface area contributed by atoms with Crippen molar-refractivity contribution < 1.29 is 4.74 Å². The third-order valence-corrected chi connectivity index (χ3v) is 4.41. The van der Waals surface area contributed by atoms with E-state index in [1.807, 2.05) is 0 Å². The van der Waals surface area contributed by atoms with Crippen molar-refractivity contribution >= 4 is 0 Å². The van der Waals surface area contributed by atoms with Crippen LogP contribution in [-0.2, 0) is 6.42 Å². The lowest BCUT2D eigenvalue weighted by molar-refractivity contribution is 0.357. The molecule has 2 nitrogen and oxygen atoms in total. The molecule has 0 aromatic heterocycles. The normalized spacial score (nSPS) is 14.6. The first kappa shape index (κ1) is 14.2. The standard InChI is InChI=1S/C19H23NO/c1-4-20-19(17-7-5-6-13(2)14(17)3)16-8-9-18-15(12-16)10-11-21-18/h5-9,12,19-20H,4,10-11H2,1-3H3. The average Bonchev–Trinajstić information content (AvgIpc) is 2.95. The number of nitrogens with one attached hydrogen (secondary N) is 1. The lowest BCUT2D eigenvalue weighted by Gasteiger charge is -2.22. The molecule has 0 spiro atoms. The third kappa shape index (κ3) is 2.68. The quantitative estimate of drug-likeness (QED) is 0.916. The summed E-state index contributed by atoms with van der Waals surface area (Å²) in [5.41, 5.74) is 6.76. The Kier molecular flexibility index (Phi) is 3.98. The molecule has 2 heteroatoms. The molecule has 1 unspecified atom stereocenters. The molecule has 1 heterocycles. The summed E-state index contributed by atoms with van der Waals surface area (Å²) in [6, 6.07) is 13.4. The van der Waals surface area contributed by atoms with E-state index in [0.717, 1.165) is 25.3 Å². The van der Waals surface area contributed by atoms with Gasteiger partial charge in [-0.1, -0.05) is 37.3 Å². The van der Waals surface area contributed by atoms with Crippen molar-refractivity contribution in [1.29, 1.82) is 0 Å². The molecule has 1 atom stereocenters. The fourth-order valence-electron chi connectivity index (χ4n) is 3.08. The van der Waals surface area contributed by atoms with E-state index < -0.39 is 0 Å². The van der Waals surface area contributed by atoms with Crippen molar-refractivity contribution in [2.24, 2.45) is 0 Å². The van der Waals surface area contributed by atoms with Crippen molar-refractivity contribution in [3.63, 3.8) is 0 Å². The number of aryl methyl sites for hydroxylation is 1. The van der Waals surface area contributed by atoms with Gasteiger partial charge in [-0.2, -0.15) is 0 Å². The van der Waals surface area contributed by atoms with Gasteiger partial charge in [-0.15, -0.1) is 0 Å². The zero-order chi connectivity index (χ0) is 14.8. The summed E-state index contributed by atoms with van der Waals surface area (Å²) in [4.78, 5) is 0. The van der Waals surface area contributed by atoms with Crippen LogP contribution in [0.1, 0.15) is 40.8 Å². The van der Waals surface area contributed by atoms with Gasteiger partial charge in [-0.3, -0.25) is 0 Å². The zero-order valence-electron chi connectivity index (χ0n) is 13.1. The molecule has 0 amide bonds. The minimum atomic E-state index is 0.251. The Bertz CT molecular complexity index is 648. The lowest BCUT2D eigenvalue weighted by Crippen LogP contribution is -2.23. The van der Waals surface area contributed by atoms with Gasteiger partial charge in [0.25, 0.3) is 0 Å². The van der Waals surface area contributed by atoms with Crippen LogP contribution in [0.5, 0.6) is 5.75 Å². The first-order chi connectivity index (χ1) is 10.2. The molecule has 0 saturated carbocycles. The molecule has 0 aliphatic carbocycles. The molecule has 110 valence electrons. The predicted octanol–water partition coefficient (Wildman–Crippen LogP) is 3.94. The maximum absolute atomic E-state index is 5.62. The Morgan fingerprint density at radius 1 is 1.19 bits per heavy atom. The van der Waals surface area contributed by atoms with Gasteiger partial charge in [0.1, 0.15) is 5.75 Å². The van der Waals surface area contributed by atoms with Crippen LogP contribution < -0.4 is 10.1 Å². The average molecular weight is 281 g/mol. The van der Waals surface area contributed by atoms with Gasteiger partial charge in [0.2, 0.25) is 0 Å². The molecule has 0 saturated heterocycles. The number of hydrogen-bond donors (Lipinski definition) is 1. The summed E-state index contributed by atoms with van der Waals surface area (Å²) in [6.45, 7) is 8.32. The van der Waals surface area contributed by atoms with E-state index in [1.54, 1.807) is 0 Å². The monoisotopic (exact) mass is 281 g/mol. The van der Waals surface area contributed by atoms with Gasteiger partial charge < -0.3 is 10.1 Å². The molecule has 3 rings (SSSR count). The molecule has 0 radical (unpaired) electrons. The Morgan fingerprint density at radius 2 is 2.05 bits per heavy atom. The van der Waals surface area contributed by atoms with E-state index in [0.29, 0.717) is 0 Å². The van der Waals surface area contributed by atoms with Gasteiger partial charge in [0, 0.05) is 6.42 Å². The summed E-state index contributed by atoms with van der Waals surface area (Å²) in [6.07, 6.45) is 1.02. The second kappa shape index (κ2) is 5.90. The van der Waals surface area contributed by atoms with Crippen molar-refractivity contribution in [1.82, 2.24) is 5.32 Å². The third-order valence-electron chi connectivity index (χ3n) is 4.41. The SMILES string of the molecule is CCNC(c1ccc2c(c1)CCO2)c1cccc(C)c1C. The molecule has 21 heavy (non-hydrogen) atoms. The van der Waals surface area contributed by atoms with Gasteiger partial charge >= 0.3 is 0 Å². The van der Waals surface area contributed by atoms with Crippen molar-refractivity contribution in [2.75, 3.05) is 13.2 Å². The molecule has 0 bridgehead atoms. The summed E-state index contributed by atoms with van der Waals surface area (Å²) in [5.74, 6) is 1.05. The highest BCUT2D eigenvalue weighted by Crippen LogP contribution is 2.32. The second-order valence-electron chi connectivity index (χ2n) is 5.75. The number of hydrogen-bond acceptors (Lipinski definition) is 2. The number of ether oxygens (including phenoxy) is 1. The van der Waals surface area contributed by atoms with Crippen molar-refractivity contribution in [3.05, 3.63) is 64.2 Å². The number of fused-ring (bicyclic) bond motifs is 1. The van der Waals surface area contributed by atoms with Crippen molar-refractivity contribution in [3.8, 4) is 5.75 Å². The molecule has 0 fully saturated rings. The van der Waals surface area contributed by atoms with Gasteiger partial charge in [0.15, 0.2) is 0 Å². The van der Waals surface area contributed by atoms with Crippen molar-refractivity contribution in [2.45, 2.75) is 33.2 Å². The largest absolute Gasteiger partial charge is 0.493 e. The highest BCUT2D eigenvalue weighted by Gasteiger charge is 2.19. The van der Waals surface area contributed by atoms with E-state index in [9.17, 15) is 0 Å². The summed E-state index contributed by atoms with van der Waals surface area (Å²) >= 11 is 0. The Balaban J connectivity index is 2.03. The topological polar surface area (TPSA) is 21.3 Å². The zero-order valence-corrected chi connectivity index (χ0v) is 13.1. The molecule has 1 N–H and O–H groups in total. The van der Waals surface area contributed by atoms with Crippen LogP contribution in [0.25, 0.3) is 0 Å². The van der Waals surface area contributed by atoms with Crippen LogP contribution in [0.3, 0.4) is 0 Å². The van der Waals surface area contributed by atoms with E-state index in [4.69, 9.17) is 4.74 Å². The maximum atomic E-state index is 5.62. The maximum Gasteiger partial charge on any atom is 0.122 e. The second-order valence-corrected chi connectivity index (χ2v) is 5.75. The summed E-state index contributed by atoms with van der Waals surface area (Å²) in [5, 5.41) is 3.63. The van der Waals surface area contributed by atoms with Crippen LogP contribution in [0, 0.1) is 13.8 Å².